The standard InChI is InChI=1S/C11H17ClN2O/c1-10-6-11(9-14-7-10)8-13-3-5-15-4-2-12/h6-7,9,13H,2-5,8H2,1H3. The third-order valence-electron chi connectivity index (χ3n) is 1.91. The van der Waals surface area contributed by atoms with Gasteiger partial charge in [-0.05, 0) is 18.1 Å². The zero-order valence-electron chi connectivity index (χ0n) is 9.00. The number of nitrogens with zero attached hydrogens (tertiary/aromatic N) is 1. The Bertz CT molecular complexity index is 281. The maximum atomic E-state index is 5.47. The van der Waals surface area contributed by atoms with Crippen molar-refractivity contribution in [3.05, 3.63) is 29.6 Å². The normalized spacial score (nSPS) is 10.5. The van der Waals surface area contributed by atoms with Gasteiger partial charge in [0, 0.05) is 31.4 Å². The van der Waals surface area contributed by atoms with E-state index in [0.717, 1.165) is 13.1 Å². The second-order valence-corrected chi connectivity index (χ2v) is 3.73. The molecule has 0 saturated carbocycles. The number of nitrogens with one attached hydrogen (secondary N) is 1. The summed E-state index contributed by atoms with van der Waals surface area (Å²) in [6.45, 7) is 5.03. The lowest BCUT2D eigenvalue weighted by Gasteiger charge is -2.05. The summed E-state index contributed by atoms with van der Waals surface area (Å²) in [6.07, 6.45) is 3.73. The Hall–Kier alpha value is -0.640. The molecule has 1 aromatic heterocycles. The van der Waals surface area contributed by atoms with Crippen molar-refractivity contribution in [1.82, 2.24) is 10.3 Å². The number of hydrogen-bond donors (Lipinski definition) is 1. The molecule has 0 aliphatic heterocycles. The molecule has 4 heteroatoms. The molecule has 1 rings (SSSR count). The van der Waals surface area contributed by atoms with Gasteiger partial charge >= 0.3 is 0 Å². The number of halogens is 1. The highest BCUT2D eigenvalue weighted by Crippen LogP contribution is 1.99. The summed E-state index contributed by atoms with van der Waals surface area (Å²) in [7, 11) is 0. The minimum absolute atomic E-state index is 0.557. The summed E-state index contributed by atoms with van der Waals surface area (Å²) in [5.74, 6) is 0.557. The average molecular weight is 229 g/mol. The molecule has 0 aliphatic rings. The van der Waals surface area contributed by atoms with Gasteiger partial charge in [-0.3, -0.25) is 4.98 Å². The number of hydrogen-bond acceptors (Lipinski definition) is 3. The van der Waals surface area contributed by atoms with Crippen molar-refractivity contribution in [2.75, 3.05) is 25.6 Å². The molecule has 0 aromatic carbocycles. The minimum atomic E-state index is 0.557. The Balaban J connectivity index is 2.10. The molecule has 0 aliphatic carbocycles. The van der Waals surface area contributed by atoms with E-state index in [1.165, 1.54) is 11.1 Å². The Morgan fingerprint density at radius 2 is 2.27 bits per heavy atom. The van der Waals surface area contributed by atoms with Crippen molar-refractivity contribution in [3.8, 4) is 0 Å². The van der Waals surface area contributed by atoms with Gasteiger partial charge in [-0.25, -0.2) is 0 Å². The highest BCUT2D eigenvalue weighted by Gasteiger charge is 1.93. The van der Waals surface area contributed by atoms with Crippen LogP contribution in [0.5, 0.6) is 0 Å². The largest absolute Gasteiger partial charge is 0.379 e. The second-order valence-electron chi connectivity index (χ2n) is 3.35. The lowest BCUT2D eigenvalue weighted by molar-refractivity contribution is 0.151. The zero-order chi connectivity index (χ0) is 10.9. The van der Waals surface area contributed by atoms with Gasteiger partial charge in [0.2, 0.25) is 0 Å². The molecule has 0 spiro atoms. The fraction of sp³-hybridized carbons (Fsp3) is 0.545. The van der Waals surface area contributed by atoms with Crippen LogP contribution in [-0.4, -0.2) is 30.6 Å². The van der Waals surface area contributed by atoms with E-state index in [4.69, 9.17) is 16.3 Å². The van der Waals surface area contributed by atoms with E-state index in [1.54, 1.807) is 0 Å². The van der Waals surface area contributed by atoms with Crippen LogP contribution in [0.25, 0.3) is 0 Å². The summed E-state index contributed by atoms with van der Waals surface area (Å²) < 4.78 is 5.23. The molecule has 84 valence electrons. The highest BCUT2D eigenvalue weighted by atomic mass is 35.5. The van der Waals surface area contributed by atoms with E-state index in [0.29, 0.717) is 19.1 Å². The maximum Gasteiger partial charge on any atom is 0.0602 e. The fourth-order valence-electron chi connectivity index (χ4n) is 1.25. The third-order valence-corrected chi connectivity index (χ3v) is 2.06. The van der Waals surface area contributed by atoms with Gasteiger partial charge in [0.25, 0.3) is 0 Å². The number of alkyl halides is 1. The lowest BCUT2D eigenvalue weighted by atomic mass is 10.2. The molecule has 1 heterocycles. The first-order chi connectivity index (χ1) is 7.33. The SMILES string of the molecule is Cc1cncc(CNCCOCCCl)c1. The quantitative estimate of drug-likeness (QED) is 0.570. The van der Waals surface area contributed by atoms with Crippen molar-refractivity contribution in [1.29, 1.82) is 0 Å². The van der Waals surface area contributed by atoms with Crippen LogP contribution >= 0.6 is 11.6 Å². The van der Waals surface area contributed by atoms with E-state index >= 15 is 0 Å². The highest BCUT2D eigenvalue weighted by molar-refractivity contribution is 6.17. The molecule has 0 radical (unpaired) electrons. The van der Waals surface area contributed by atoms with Crippen LogP contribution in [0.3, 0.4) is 0 Å². The summed E-state index contributed by atoms with van der Waals surface area (Å²) >= 11 is 5.47. The molecule has 0 unspecified atom stereocenters. The molecule has 3 nitrogen and oxygen atoms in total. The van der Waals surface area contributed by atoms with Crippen LogP contribution in [-0.2, 0) is 11.3 Å². The fourth-order valence-corrected chi connectivity index (χ4v) is 1.36. The predicted octanol–water partition coefficient (Wildman–Crippen LogP) is 1.74. The van der Waals surface area contributed by atoms with E-state index in [-0.39, 0.29) is 0 Å². The van der Waals surface area contributed by atoms with E-state index < -0.39 is 0 Å². The summed E-state index contributed by atoms with van der Waals surface area (Å²) in [4.78, 5) is 4.12. The first kappa shape index (κ1) is 12.4. The van der Waals surface area contributed by atoms with Crippen molar-refractivity contribution < 1.29 is 4.74 Å². The van der Waals surface area contributed by atoms with E-state index in [1.807, 2.05) is 19.3 Å². The molecule has 15 heavy (non-hydrogen) atoms. The van der Waals surface area contributed by atoms with Crippen molar-refractivity contribution in [2.45, 2.75) is 13.5 Å². The minimum Gasteiger partial charge on any atom is -0.379 e. The van der Waals surface area contributed by atoms with Crippen LogP contribution in [0.4, 0.5) is 0 Å². The van der Waals surface area contributed by atoms with Gasteiger partial charge < -0.3 is 10.1 Å². The average Bonchev–Trinajstić information content (AvgIpc) is 2.23. The Morgan fingerprint density at radius 1 is 1.40 bits per heavy atom. The molecule has 0 bridgehead atoms. The first-order valence-electron chi connectivity index (χ1n) is 5.08. The molecule has 1 aromatic rings. The molecule has 0 amide bonds. The maximum absolute atomic E-state index is 5.47. The topological polar surface area (TPSA) is 34.2 Å². The first-order valence-corrected chi connectivity index (χ1v) is 5.61. The Kier molecular flexibility index (Phi) is 6.32. The lowest BCUT2D eigenvalue weighted by Crippen LogP contribution is -2.19. The van der Waals surface area contributed by atoms with Gasteiger partial charge in [-0.2, -0.15) is 0 Å². The molecule has 0 fully saturated rings. The van der Waals surface area contributed by atoms with Crippen LogP contribution in [0.1, 0.15) is 11.1 Å². The molecule has 0 saturated heterocycles. The number of pyridine rings is 1. The van der Waals surface area contributed by atoms with E-state index in [9.17, 15) is 0 Å². The molecule has 0 atom stereocenters. The Labute approximate surface area is 95.8 Å². The summed E-state index contributed by atoms with van der Waals surface area (Å²) in [5, 5.41) is 3.28. The Morgan fingerprint density at radius 3 is 3.00 bits per heavy atom. The predicted molar refractivity (Wildman–Crippen MR) is 62.2 cm³/mol. The van der Waals surface area contributed by atoms with E-state index in [2.05, 4.69) is 16.4 Å². The van der Waals surface area contributed by atoms with Crippen molar-refractivity contribution in [3.63, 3.8) is 0 Å². The molecule has 1 N–H and O–H groups in total. The zero-order valence-corrected chi connectivity index (χ0v) is 9.76. The van der Waals surface area contributed by atoms with Gasteiger partial charge in [0.05, 0.1) is 13.2 Å². The molecular formula is C11H17ClN2O. The van der Waals surface area contributed by atoms with Crippen LogP contribution in [0.2, 0.25) is 0 Å². The van der Waals surface area contributed by atoms with Gasteiger partial charge in [0.1, 0.15) is 0 Å². The monoisotopic (exact) mass is 228 g/mol. The van der Waals surface area contributed by atoms with Crippen molar-refractivity contribution >= 4 is 11.6 Å². The van der Waals surface area contributed by atoms with Gasteiger partial charge in [-0.1, -0.05) is 6.07 Å². The summed E-state index contributed by atoms with van der Waals surface area (Å²) in [6, 6.07) is 2.12. The number of aryl methyl sites for hydroxylation is 1. The number of aromatic nitrogens is 1. The van der Waals surface area contributed by atoms with Crippen LogP contribution in [0.15, 0.2) is 18.5 Å². The van der Waals surface area contributed by atoms with Crippen molar-refractivity contribution in [2.24, 2.45) is 0 Å². The second kappa shape index (κ2) is 7.63. The van der Waals surface area contributed by atoms with Gasteiger partial charge in [-0.15, -0.1) is 11.6 Å². The number of ether oxygens (including phenoxy) is 1. The third kappa shape index (κ3) is 5.72. The molecular weight excluding hydrogens is 212 g/mol. The number of rotatable bonds is 7. The van der Waals surface area contributed by atoms with Crippen LogP contribution in [0, 0.1) is 6.92 Å². The summed E-state index contributed by atoms with van der Waals surface area (Å²) in [5.41, 5.74) is 2.39. The van der Waals surface area contributed by atoms with Crippen LogP contribution < -0.4 is 5.32 Å². The van der Waals surface area contributed by atoms with Gasteiger partial charge in [0.15, 0.2) is 0 Å². The smallest absolute Gasteiger partial charge is 0.0602 e.